The number of aliphatic carboxylic acids is 1. The highest BCUT2D eigenvalue weighted by Gasteiger charge is 2.38. The van der Waals surface area contributed by atoms with Crippen LogP contribution in [0, 0.1) is 5.92 Å². The predicted octanol–water partition coefficient (Wildman–Crippen LogP) is 2.56. The molecule has 2 aliphatic carbocycles. The van der Waals surface area contributed by atoms with Crippen LogP contribution >= 0.6 is 11.6 Å². The van der Waals surface area contributed by atoms with Crippen LogP contribution in [0.25, 0.3) is 6.08 Å². The van der Waals surface area contributed by atoms with Crippen LogP contribution in [0.1, 0.15) is 31.2 Å². The molecule has 27 heavy (non-hydrogen) atoms. The number of amides is 1. The molecule has 144 valence electrons. The summed E-state index contributed by atoms with van der Waals surface area (Å²) in [5, 5.41) is 12.8. The van der Waals surface area contributed by atoms with Gasteiger partial charge in [-0.1, -0.05) is 11.6 Å². The number of ether oxygens (including phenoxy) is 1. The van der Waals surface area contributed by atoms with Crippen molar-refractivity contribution in [3.8, 4) is 5.75 Å². The maximum Gasteiger partial charge on any atom is 0.317 e. The van der Waals surface area contributed by atoms with Gasteiger partial charge in [-0.05, 0) is 55.9 Å². The number of hydrogen-bond acceptors (Lipinski definition) is 4. The van der Waals surface area contributed by atoms with Gasteiger partial charge in [0.1, 0.15) is 12.4 Å². The second kappa shape index (κ2) is 7.52. The Balaban J connectivity index is 1.31. The van der Waals surface area contributed by atoms with Crippen molar-refractivity contribution in [3.63, 3.8) is 0 Å². The van der Waals surface area contributed by atoms with E-state index < -0.39 is 5.97 Å². The molecule has 6 nitrogen and oxygen atoms in total. The van der Waals surface area contributed by atoms with E-state index in [0.717, 1.165) is 30.7 Å². The van der Waals surface area contributed by atoms with Gasteiger partial charge in [-0.25, -0.2) is 0 Å². The highest BCUT2D eigenvalue weighted by molar-refractivity contribution is 6.30. The van der Waals surface area contributed by atoms with Gasteiger partial charge >= 0.3 is 5.97 Å². The maximum absolute atomic E-state index is 12.5. The molecule has 7 heteroatoms. The van der Waals surface area contributed by atoms with Crippen LogP contribution in [0.4, 0.5) is 0 Å². The van der Waals surface area contributed by atoms with Crippen molar-refractivity contribution in [1.82, 2.24) is 10.2 Å². The number of carboxylic acid groups (broad SMARTS) is 1. The lowest BCUT2D eigenvalue weighted by atomic mass is 9.85. The molecule has 1 amide bonds. The van der Waals surface area contributed by atoms with Gasteiger partial charge in [0.05, 0.1) is 12.1 Å². The number of hydrogen-bond donors (Lipinski definition) is 2. The number of carbonyl (C=O) groups is 2. The summed E-state index contributed by atoms with van der Waals surface area (Å²) < 4.78 is 5.64. The first-order valence-corrected chi connectivity index (χ1v) is 9.75. The van der Waals surface area contributed by atoms with E-state index in [2.05, 4.69) is 10.2 Å². The third-order valence-electron chi connectivity index (χ3n) is 5.47. The summed E-state index contributed by atoms with van der Waals surface area (Å²) in [7, 11) is 0. The van der Waals surface area contributed by atoms with E-state index in [4.69, 9.17) is 21.4 Å². The third-order valence-corrected chi connectivity index (χ3v) is 5.70. The maximum atomic E-state index is 12.5. The second-order valence-corrected chi connectivity index (χ2v) is 8.14. The minimum Gasteiger partial charge on any atom is -0.488 e. The predicted molar refractivity (Wildman–Crippen MR) is 102 cm³/mol. The van der Waals surface area contributed by atoms with Crippen molar-refractivity contribution in [2.45, 2.75) is 37.8 Å². The van der Waals surface area contributed by atoms with Gasteiger partial charge < -0.3 is 15.2 Å². The molecule has 1 aromatic rings. The van der Waals surface area contributed by atoms with Crippen molar-refractivity contribution in [3.05, 3.63) is 34.4 Å². The molecule has 1 aromatic carbocycles. The van der Waals surface area contributed by atoms with Crippen molar-refractivity contribution in [2.24, 2.45) is 5.92 Å². The van der Waals surface area contributed by atoms with E-state index in [9.17, 15) is 9.59 Å². The number of halogens is 1. The molecular weight excluding hydrogens is 368 g/mol. The Morgan fingerprint density at radius 3 is 2.78 bits per heavy atom. The van der Waals surface area contributed by atoms with Crippen molar-refractivity contribution < 1.29 is 19.4 Å². The molecule has 1 heterocycles. The molecule has 0 atom stereocenters. The standard InChI is InChI=1S/C20H23ClN2O4/c21-15-3-4-18-13(6-15)5-14(11-27-18)20(26)22-16-7-17(8-16)23(10-19(24)25)9-12-1-2-12/h3-6,12,16-17H,1-2,7-11H2,(H,22,26)(H,24,25). The monoisotopic (exact) mass is 390 g/mol. The molecule has 0 saturated heterocycles. The zero-order valence-corrected chi connectivity index (χ0v) is 15.7. The average Bonchev–Trinajstić information content (AvgIpc) is 3.40. The lowest BCUT2D eigenvalue weighted by Crippen LogP contribution is -2.55. The Morgan fingerprint density at radius 1 is 1.30 bits per heavy atom. The average molecular weight is 391 g/mol. The van der Waals surface area contributed by atoms with Gasteiger partial charge in [0.2, 0.25) is 0 Å². The molecule has 3 aliphatic rings. The highest BCUT2D eigenvalue weighted by atomic mass is 35.5. The molecule has 0 bridgehead atoms. The number of carboxylic acids is 1. The van der Waals surface area contributed by atoms with Crippen molar-refractivity contribution >= 4 is 29.6 Å². The third kappa shape index (κ3) is 4.45. The van der Waals surface area contributed by atoms with E-state index in [1.54, 1.807) is 18.2 Å². The van der Waals surface area contributed by atoms with Gasteiger partial charge in [-0.15, -0.1) is 0 Å². The normalized spacial score (nSPS) is 23.7. The zero-order valence-electron chi connectivity index (χ0n) is 15.0. The molecule has 0 spiro atoms. The van der Waals surface area contributed by atoms with Crippen LogP contribution in [-0.4, -0.2) is 53.7 Å². The van der Waals surface area contributed by atoms with Gasteiger partial charge in [0, 0.05) is 29.2 Å². The number of rotatable bonds is 7. The SMILES string of the molecule is O=C(O)CN(CC1CC1)C1CC(NC(=O)C2=Cc3cc(Cl)ccc3OC2)C1. The van der Waals surface area contributed by atoms with Crippen LogP contribution in [0.5, 0.6) is 5.75 Å². The first-order chi connectivity index (χ1) is 13.0. The molecule has 1 aliphatic heterocycles. The lowest BCUT2D eigenvalue weighted by Gasteiger charge is -2.42. The van der Waals surface area contributed by atoms with Gasteiger partial charge in [-0.2, -0.15) is 0 Å². The first-order valence-electron chi connectivity index (χ1n) is 9.37. The minimum atomic E-state index is -0.787. The van der Waals surface area contributed by atoms with Gasteiger partial charge in [-0.3, -0.25) is 14.5 Å². The topological polar surface area (TPSA) is 78.9 Å². The molecule has 0 unspecified atom stereocenters. The molecule has 2 fully saturated rings. The molecule has 0 aromatic heterocycles. The Hall–Kier alpha value is -2.05. The number of benzene rings is 1. The number of carbonyl (C=O) groups excluding carboxylic acids is 1. The molecular formula is C20H23ClN2O4. The molecule has 2 saturated carbocycles. The molecule has 0 radical (unpaired) electrons. The Bertz CT molecular complexity index is 784. The van der Waals surface area contributed by atoms with Gasteiger partial charge in [0.25, 0.3) is 5.91 Å². The Labute approximate surface area is 163 Å². The fraction of sp³-hybridized carbons (Fsp3) is 0.500. The largest absolute Gasteiger partial charge is 0.488 e. The Morgan fingerprint density at radius 2 is 2.07 bits per heavy atom. The number of fused-ring (bicyclic) bond motifs is 1. The van der Waals surface area contributed by atoms with E-state index in [1.165, 1.54) is 12.8 Å². The van der Waals surface area contributed by atoms with Crippen molar-refractivity contribution in [2.75, 3.05) is 19.7 Å². The van der Waals surface area contributed by atoms with E-state index >= 15 is 0 Å². The first kappa shape index (κ1) is 18.3. The van der Waals surface area contributed by atoms with E-state index in [0.29, 0.717) is 16.5 Å². The fourth-order valence-electron chi connectivity index (χ4n) is 3.71. The summed E-state index contributed by atoms with van der Waals surface area (Å²) >= 11 is 6.01. The van der Waals surface area contributed by atoms with E-state index in [1.807, 2.05) is 6.08 Å². The van der Waals surface area contributed by atoms with Crippen LogP contribution in [0.2, 0.25) is 5.02 Å². The highest BCUT2D eigenvalue weighted by Crippen LogP contribution is 2.34. The molecule has 2 N–H and O–H groups in total. The van der Waals surface area contributed by atoms with E-state index in [-0.39, 0.29) is 31.1 Å². The van der Waals surface area contributed by atoms with Crippen LogP contribution in [-0.2, 0) is 9.59 Å². The van der Waals surface area contributed by atoms with Crippen molar-refractivity contribution in [1.29, 1.82) is 0 Å². The van der Waals surface area contributed by atoms with Crippen LogP contribution < -0.4 is 10.1 Å². The Kier molecular flexibility index (Phi) is 5.10. The van der Waals surface area contributed by atoms with Crippen LogP contribution in [0.15, 0.2) is 23.8 Å². The summed E-state index contributed by atoms with van der Waals surface area (Å²) in [6.45, 7) is 1.18. The summed E-state index contributed by atoms with van der Waals surface area (Å²) in [6.07, 6.45) is 5.80. The molecule has 4 rings (SSSR count). The summed E-state index contributed by atoms with van der Waals surface area (Å²) in [4.78, 5) is 25.7. The zero-order chi connectivity index (χ0) is 19.0. The van der Waals surface area contributed by atoms with Crippen LogP contribution in [0.3, 0.4) is 0 Å². The number of nitrogens with zero attached hydrogens (tertiary/aromatic N) is 1. The second-order valence-electron chi connectivity index (χ2n) is 7.70. The summed E-state index contributed by atoms with van der Waals surface area (Å²) in [5.74, 6) is 0.458. The summed E-state index contributed by atoms with van der Waals surface area (Å²) in [6, 6.07) is 5.67. The fourth-order valence-corrected chi connectivity index (χ4v) is 3.89. The van der Waals surface area contributed by atoms with Gasteiger partial charge in [0.15, 0.2) is 0 Å². The quantitative estimate of drug-likeness (QED) is 0.748. The summed E-state index contributed by atoms with van der Waals surface area (Å²) in [5.41, 5.74) is 1.39. The minimum absolute atomic E-state index is 0.0817. The lowest BCUT2D eigenvalue weighted by molar-refractivity contribution is -0.140. The smallest absolute Gasteiger partial charge is 0.317 e. The number of nitrogens with one attached hydrogen (secondary N) is 1.